The average Bonchev–Trinajstić information content (AvgIpc) is 3.41. The molecular weight excluding hydrogens is 702 g/mol. The van der Waals surface area contributed by atoms with E-state index in [1.165, 1.54) is 0 Å². The minimum Gasteiger partial charge on any atom is -0.497 e. The Morgan fingerprint density at radius 2 is 1.32 bits per heavy atom. The van der Waals surface area contributed by atoms with Gasteiger partial charge in [0, 0.05) is 12.1 Å². The number of benzene rings is 3. The van der Waals surface area contributed by atoms with Gasteiger partial charge < -0.3 is 32.4 Å². The molecule has 9 nitrogen and oxygen atoms in total. The van der Waals surface area contributed by atoms with Gasteiger partial charge in [-0.15, -0.1) is 0 Å². The standard InChI is InChI=1S/C41H60BN2O7PSi/c1-29(2)44(30(3)4)52(47-27-15-26-43)48-28-36-37(38(39(42)49-36)51-53(10,11)40(5,6)7)50-41(31-16-13-12-14-17-31,32-18-22-34(45-8)23-19-32)33-20-24-35(46-9)25-21-33/h12-14,16-25,29-30,36-39H,15,27-28,42H2,1-11H3/t36-,37?,38?,39-,52?/m1/s1. The highest BCUT2D eigenvalue weighted by Crippen LogP contribution is 2.49. The Morgan fingerprint density at radius 1 is 0.811 bits per heavy atom. The summed E-state index contributed by atoms with van der Waals surface area (Å²) >= 11 is 0. The van der Waals surface area contributed by atoms with Gasteiger partial charge in [-0.2, -0.15) is 5.26 Å². The van der Waals surface area contributed by atoms with E-state index in [1.807, 2.05) is 42.5 Å². The number of hydrogen-bond donors (Lipinski definition) is 0. The molecule has 1 heterocycles. The van der Waals surface area contributed by atoms with Crippen molar-refractivity contribution in [3.05, 3.63) is 95.6 Å². The summed E-state index contributed by atoms with van der Waals surface area (Å²) in [5, 5.41) is 9.24. The maximum Gasteiger partial charge on any atom is 0.259 e. The fraction of sp³-hybridized carbons (Fsp3) is 0.537. The Hall–Kier alpha value is -2.78. The van der Waals surface area contributed by atoms with Gasteiger partial charge in [0.15, 0.2) is 8.32 Å². The molecular formula is C41H60BN2O7PSi. The molecule has 53 heavy (non-hydrogen) atoms. The van der Waals surface area contributed by atoms with E-state index in [1.54, 1.807) is 14.2 Å². The summed E-state index contributed by atoms with van der Waals surface area (Å²) in [5.41, 5.74) is 1.70. The Balaban J connectivity index is 1.90. The molecule has 0 radical (unpaired) electrons. The van der Waals surface area contributed by atoms with Crippen LogP contribution in [0.5, 0.6) is 11.5 Å². The fourth-order valence-electron chi connectivity index (χ4n) is 6.55. The number of ether oxygens (including phenoxy) is 4. The maximum atomic E-state index is 9.29. The summed E-state index contributed by atoms with van der Waals surface area (Å²) in [6.07, 6.45) is -1.20. The summed E-state index contributed by atoms with van der Waals surface area (Å²) < 4.78 is 48.3. The van der Waals surface area contributed by atoms with E-state index in [4.69, 9.17) is 32.4 Å². The van der Waals surface area contributed by atoms with E-state index in [2.05, 4.69) is 117 Å². The SMILES string of the molecule is B[C@@H]1O[C@H](COP(OCCC#N)N(C(C)C)C(C)C)C(OC(c2ccccc2)(c2ccc(OC)cc2)c2ccc(OC)cc2)C1O[Si](C)(C)C(C)(C)C. The van der Waals surface area contributed by atoms with Gasteiger partial charge in [-0.25, -0.2) is 4.67 Å². The first kappa shape index (κ1) is 43.0. The van der Waals surface area contributed by atoms with Gasteiger partial charge in [0.2, 0.25) is 0 Å². The second-order valence-electron chi connectivity index (χ2n) is 15.7. The molecule has 5 atom stereocenters. The highest BCUT2D eigenvalue weighted by atomic mass is 31.2. The molecule has 0 spiro atoms. The zero-order valence-corrected chi connectivity index (χ0v) is 35.7. The number of methoxy groups -OCH3 is 2. The number of nitrogens with zero attached hydrogens (tertiary/aromatic N) is 2. The molecule has 0 saturated carbocycles. The van der Waals surface area contributed by atoms with E-state index in [9.17, 15) is 5.26 Å². The van der Waals surface area contributed by atoms with E-state index < -0.39 is 40.8 Å². The molecule has 0 amide bonds. The van der Waals surface area contributed by atoms with Crippen LogP contribution in [0.25, 0.3) is 0 Å². The molecule has 288 valence electrons. The molecule has 3 unspecified atom stereocenters. The molecule has 3 aromatic carbocycles. The van der Waals surface area contributed by atoms with Crippen molar-refractivity contribution in [3.63, 3.8) is 0 Å². The molecule has 3 aromatic rings. The van der Waals surface area contributed by atoms with Crippen LogP contribution < -0.4 is 9.47 Å². The summed E-state index contributed by atoms with van der Waals surface area (Å²) in [5.74, 6) is 1.50. The van der Waals surface area contributed by atoms with Crippen LogP contribution in [0.1, 0.15) is 71.6 Å². The van der Waals surface area contributed by atoms with Crippen LogP contribution in [0.3, 0.4) is 0 Å². The predicted octanol–water partition coefficient (Wildman–Crippen LogP) is 8.42. The Morgan fingerprint density at radius 3 is 1.77 bits per heavy atom. The third-order valence-corrected chi connectivity index (χ3v) is 16.8. The number of nitriles is 1. The van der Waals surface area contributed by atoms with Crippen LogP contribution >= 0.6 is 8.53 Å². The van der Waals surface area contributed by atoms with Gasteiger partial charge in [-0.3, -0.25) is 0 Å². The van der Waals surface area contributed by atoms with Crippen LogP contribution in [-0.2, 0) is 28.5 Å². The third-order valence-electron chi connectivity index (χ3n) is 10.3. The first-order chi connectivity index (χ1) is 25.1. The van der Waals surface area contributed by atoms with Crippen molar-refractivity contribution in [2.45, 2.75) is 115 Å². The quantitative estimate of drug-likeness (QED) is 0.0549. The number of hydrogen-bond acceptors (Lipinski definition) is 9. The summed E-state index contributed by atoms with van der Waals surface area (Å²) in [6.45, 7) is 20.3. The Labute approximate surface area is 321 Å². The lowest BCUT2D eigenvalue weighted by molar-refractivity contribution is -0.109. The molecule has 0 N–H and O–H groups in total. The predicted molar refractivity (Wildman–Crippen MR) is 218 cm³/mol. The summed E-state index contributed by atoms with van der Waals surface area (Å²) in [4.78, 5) is 0. The zero-order chi connectivity index (χ0) is 39.0. The van der Waals surface area contributed by atoms with Crippen molar-refractivity contribution < 1.29 is 32.4 Å². The molecule has 1 fully saturated rings. The minimum absolute atomic E-state index is 0.0493. The molecule has 1 aliphatic rings. The van der Waals surface area contributed by atoms with Crippen molar-refractivity contribution in [2.24, 2.45) is 0 Å². The largest absolute Gasteiger partial charge is 0.497 e. The second kappa shape index (κ2) is 18.7. The smallest absolute Gasteiger partial charge is 0.259 e. The van der Waals surface area contributed by atoms with Gasteiger partial charge in [0.25, 0.3) is 8.53 Å². The van der Waals surface area contributed by atoms with Crippen LogP contribution in [0.15, 0.2) is 78.9 Å². The topological polar surface area (TPSA) is 91.6 Å². The zero-order valence-electron chi connectivity index (χ0n) is 33.8. The molecule has 1 saturated heterocycles. The summed E-state index contributed by atoms with van der Waals surface area (Å²) in [6, 6.07) is 28.7. The van der Waals surface area contributed by atoms with E-state index in [0.29, 0.717) is 0 Å². The van der Waals surface area contributed by atoms with Crippen molar-refractivity contribution in [1.82, 2.24) is 4.67 Å². The molecule has 4 rings (SSSR count). The van der Waals surface area contributed by atoms with Crippen molar-refractivity contribution in [2.75, 3.05) is 27.4 Å². The third kappa shape index (κ3) is 10.1. The maximum absolute atomic E-state index is 9.29. The van der Waals surface area contributed by atoms with Gasteiger partial charge >= 0.3 is 0 Å². The van der Waals surface area contributed by atoms with Crippen molar-refractivity contribution in [3.8, 4) is 17.6 Å². The molecule has 0 aromatic heterocycles. The fourth-order valence-corrected chi connectivity index (χ4v) is 9.53. The normalized spacial score (nSPS) is 20.2. The summed E-state index contributed by atoms with van der Waals surface area (Å²) in [7, 11) is 1.57. The Kier molecular flexibility index (Phi) is 15.2. The van der Waals surface area contributed by atoms with Gasteiger partial charge in [-0.1, -0.05) is 75.4 Å². The monoisotopic (exact) mass is 762 g/mol. The van der Waals surface area contributed by atoms with E-state index in [0.717, 1.165) is 28.2 Å². The highest BCUT2D eigenvalue weighted by molar-refractivity contribution is 7.44. The van der Waals surface area contributed by atoms with E-state index >= 15 is 0 Å². The number of rotatable bonds is 18. The van der Waals surface area contributed by atoms with Crippen molar-refractivity contribution in [1.29, 1.82) is 5.26 Å². The minimum atomic E-state index is -2.33. The second-order valence-corrected chi connectivity index (χ2v) is 21.9. The van der Waals surface area contributed by atoms with Crippen LogP contribution in [0.4, 0.5) is 0 Å². The molecule has 1 aliphatic heterocycles. The van der Waals surface area contributed by atoms with E-state index in [-0.39, 0.29) is 42.8 Å². The van der Waals surface area contributed by atoms with Gasteiger partial charge in [-0.05, 0) is 86.8 Å². The van der Waals surface area contributed by atoms with Gasteiger partial charge in [0.05, 0.1) is 52.0 Å². The average molecular weight is 763 g/mol. The molecule has 0 aliphatic carbocycles. The lowest BCUT2D eigenvalue weighted by Crippen LogP contribution is -2.52. The highest BCUT2D eigenvalue weighted by Gasteiger charge is 2.53. The Bertz CT molecular complexity index is 1540. The van der Waals surface area contributed by atoms with Crippen LogP contribution in [-0.4, -0.2) is 84.7 Å². The van der Waals surface area contributed by atoms with Crippen LogP contribution in [0, 0.1) is 11.3 Å². The van der Waals surface area contributed by atoms with Gasteiger partial charge in [0.1, 0.15) is 37.2 Å². The molecule has 0 bridgehead atoms. The first-order valence-electron chi connectivity index (χ1n) is 18.7. The lowest BCUT2D eigenvalue weighted by atomic mass is 9.79. The first-order valence-corrected chi connectivity index (χ1v) is 22.7. The van der Waals surface area contributed by atoms with Crippen LogP contribution in [0.2, 0.25) is 18.1 Å². The molecule has 12 heteroatoms. The lowest BCUT2D eigenvalue weighted by Gasteiger charge is -2.44. The van der Waals surface area contributed by atoms with Crippen molar-refractivity contribution >= 4 is 24.7 Å².